The summed E-state index contributed by atoms with van der Waals surface area (Å²) in [5, 5.41) is 9.94. The van der Waals surface area contributed by atoms with Gasteiger partial charge in [-0.3, -0.25) is 4.79 Å². The number of carbonyl (C=O) groups is 1. The van der Waals surface area contributed by atoms with Crippen LogP contribution in [0.5, 0.6) is 0 Å². The van der Waals surface area contributed by atoms with E-state index < -0.39 is 5.97 Å². The molecule has 0 aliphatic rings. The number of rotatable bonds is 2. The summed E-state index contributed by atoms with van der Waals surface area (Å²) in [7, 11) is 0. The Bertz CT molecular complexity index is 898. The number of benzene rings is 2. The summed E-state index contributed by atoms with van der Waals surface area (Å²) in [4.78, 5) is 26.3. The molecule has 1 heterocycles. The molecule has 0 saturated carbocycles. The second-order valence-electron chi connectivity index (χ2n) is 4.62. The van der Waals surface area contributed by atoms with Crippen molar-refractivity contribution in [3.63, 3.8) is 0 Å². The normalized spacial score (nSPS) is 10.7. The number of halogens is 1. The molecule has 5 heteroatoms. The highest BCUT2D eigenvalue weighted by Gasteiger charge is 2.08. The first kappa shape index (κ1) is 13.4. The van der Waals surface area contributed by atoms with Crippen LogP contribution in [0.3, 0.4) is 0 Å². The number of aromatic carboxylic acids is 1. The molecular weight excluding hydrogens is 290 g/mol. The quantitative estimate of drug-likeness (QED) is 0.760. The molecular formula is C16H10ClNO3. The van der Waals surface area contributed by atoms with E-state index in [9.17, 15) is 9.59 Å². The fraction of sp³-hybridized carbons (Fsp3) is 0. The lowest BCUT2D eigenvalue weighted by Gasteiger charge is -2.05. The van der Waals surface area contributed by atoms with E-state index in [0.29, 0.717) is 21.6 Å². The number of pyridine rings is 1. The average molecular weight is 300 g/mol. The van der Waals surface area contributed by atoms with Crippen LogP contribution in [0.25, 0.3) is 22.2 Å². The van der Waals surface area contributed by atoms with Crippen molar-refractivity contribution in [3.05, 3.63) is 69.3 Å². The van der Waals surface area contributed by atoms with Crippen molar-refractivity contribution in [1.82, 2.24) is 4.98 Å². The molecule has 104 valence electrons. The van der Waals surface area contributed by atoms with Gasteiger partial charge in [-0.25, -0.2) is 4.79 Å². The molecule has 3 aromatic rings. The molecule has 0 amide bonds. The number of aromatic amines is 1. The minimum Gasteiger partial charge on any atom is -0.478 e. The second kappa shape index (κ2) is 5.07. The number of nitrogens with one attached hydrogen (secondary N) is 1. The maximum absolute atomic E-state index is 12.2. The zero-order valence-electron chi connectivity index (χ0n) is 10.8. The predicted molar refractivity (Wildman–Crippen MR) is 82.0 cm³/mol. The second-order valence-corrected chi connectivity index (χ2v) is 5.06. The summed E-state index contributed by atoms with van der Waals surface area (Å²) in [5.74, 6) is -1.06. The molecule has 1 aromatic heterocycles. The van der Waals surface area contributed by atoms with Crippen LogP contribution in [0.1, 0.15) is 10.4 Å². The van der Waals surface area contributed by atoms with Gasteiger partial charge in [0.05, 0.1) is 5.56 Å². The molecule has 0 radical (unpaired) electrons. The Morgan fingerprint density at radius 3 is 2.43 bits per heavy atom. The lowest BCUT2D eigenvalue weighted by molar-refractivity contribution is 0.0697. The standard InChI is InChI=1S/C16H10ClNO3/c17-11-4-1-9(2-5-11)14-8-15(19)12-7-10(16(20)21)3-6-13(12)18-14/h1-8H,(H,18,19)(H,20,21). The number of hydrogen-bond acceptors (Lipinski definition) is 2. The van der Waals surface area contributed by atoms with E-state index in [4.69, 9.17) is 16.7 Å². The molecule has 4 nitrogen and oxygen atoms in total. The highest BCUT2D eigenvalue weighted by Crippen LogP contribution is 2.21. The van der Waals surface area contributed by atoms with Crippen molar-refractivity contribution >= 4 is 28.5 Å². The molecule has 0 atom stereocenters. The van der Waals surface area contributed by atoms with Gasteiger partial charge in [-0.05, 0) is 35.9 Å². The lowest BCUT2D eigenvalue weighted by atomic mass is 10.1. The van der Waals surface area contributed by atoms with Gasteiger partial charge in [0.25, 0.3) is 0 Å². The summed E-state index contributed by atoms with van der Waals surface area (Å²) in [6, 6.07) is 13.0. The van der Waals surface area contributed by atoms with Crippen LogP contribution < -0.4 is 5.43 Å². The van der Waals surface area contributed by atoms with Gasteiger partial charge in [-0.2, -0.15) is 0 Å². The minimum atomic E-state index is -1.06. The van der Waals surface area contributed by atoms with E-state index >= 15 is 0 Å². The van der Waals surface area contributed by atoms with E-state index in [1.165, 1.54) is 18.2 Å². The first-order chi connectivity index (χ1) is 10.0. The molecule has 2 N–H and O–H groups in total. The Morgan fingerprint density at radius 1 is 1.05 bits per heavy atom. The van der Waals surface area contributed by atoms with Crippen molar-refractivity contribution in [2.75, 3.05) is 0 Å². The monoisotopic (exact) mass is 299 g/mol. The van der Waals surface area contributed by atoms with Crippen LogP contribution >= 0.6 is 11.6 Å². The molecule has 0 unspecified atom stereocenters. The fourth-order valence-electron chi connectivity index (χ4n) is 2.17. The topological polar surface area (TPSA) is 70.2 Å². The van der Waals surface area contributed by atoms with E-state index in [2.05, 4.69) is 4.98 Å². The summed E-state index contributed by atoms with van der Waals surface area (Å²) < 4.78 is 0. The zero-order valence-corrected chi connectivity index (χ0v) is 11.5. The van der Waals surface area contributed by atoms with Gasteiger partial charge in [-0.1, -0.05) is 23.7 Å². The van der Waals surface area contributed by atoms with Gasteiger partial charge >= 0.3 is 5.97 Å². The maximum Gasteiger partial charge on any atom is 0.335 e. The summed E-state index contributed by atoms with van der Waals surface area (Å²) in [6.07, 6.45) is 0. The Labute approximate surface area is 124 Å². The van der Waals surface area contributed by atoms with E-state index in [1.807, 2.05) is 12.1 Å². The third-order valence-corrected chi connectivity index (χ3v) is 3.48. The van der Waals surface area contributed by atoms with Gasteiger partial charge in [0.1, 0.15) is 0 Å². The number of carboxylic acid groups (broad SMARTS) is 1. The highest BCUT2D eigenvalue weighted by molar-refractivity contribution is 6.30. The average Bonchev–Trinajstić information content (AvgIpc) is 2.47. The van der Waals surface area contributed by atoms with Crippen LogP contribution in [0.2, 0.25) is 5.02 Å². The Kier molecular flexibility index (Phi) is 3.23. The van der Waals surface area contributed by atoms with Gasteiger partial charge < -0.3 is 10.1 Å². The lowest BCUT2D eigenvalue weighted by Crippen LogP contribution is -2.05. The summed E-state index contributed by atoms with van der Waals surface area (Å²) in [6.45, 7) is 0. The molecule has 3 rings (SSSR count). The van der Waals surface area contributed by atoms with Crippen molar-refractivity contribution in [1.29, 1.82) is 0 Å². The molecule has 0 saturated heterocycles. The van der Waals surface area contributed by atoms with Crippen LogP contribution in [0.4, 0.5) is 0 Å². The number of H-pyrrole nitrogens is 1. The van der Waals surface area contributed by atoms with E-state index in [-0.39, 0.29) is 11.0 Å². The van der Waals surface area contributed by atoms with Gasteiger partial charge in [0.15, 0.2) is 5.43 Å². The van der Waals surface area contributed by atoms with Gasteiger partial charge in [0.2, 0.25) is 0 Å². The third kappa shape index (κ3) is 2.53. The SMILES string of the molecule is O=C(O)c1ccc2[nH]c(-c3ccc(Cl)cc3)cc(=O)c2c1. The largest absolute Gasteiger partial charge is 0.478 e. The van der Waals surface area contributed by atoms with Crippen molar-refractivity contribution in [3.8, 4) is 11.3 Å². The summed E-state index contributed by atoms with van der Waals surface area (Å²) >= 11 is 5.84. The summed E-state index contributed by atoms with van der Waals surface area (Å²) in [5.41, 5.74) is 1.95. The van der Waals surface area contributed by atoms with Crippen LogP contribution in [0, 0.1) is 0 Å². The van der Waals surface area contributed by atoms with Gasteiger partial charge in [-0.15, -0.1) is 0 Å². The van der Waals surface area contributed by atoms with Crippen LogP contribution in [0.15, 0.2) is 53.3 Å². The van der Waals surface area contributed by atoms with E-state index in [0.717, 1.165) is 5.56 Å². The maximum atomic E-state index is 12.2. The Morgan fingerprint density at radius 2 is 1.76 bits per heavy atom. The number of carboxylic acids is 1. The Balaban J connectivity index is 2.20. The fourth-order valence-corrected chi connectivity index (χ4v) is 2.29. The number of hydrogen-bond donors (Lipinski definition) is 2. The minimum absolute atomic E-state index is 0.0900. The molecule has 0 aliphatic carbocycles. The number of fused-ring (bicyclic) bond motifs is 1. The van der Waals surface area contributed by atoms with Crippen LogP contribution in [-0.4, -0.2) is 16.1 Å². The highest BCUT2D eigenvalue weighted by atomic mass is 35.5. The van der Waals surface area contributed by atoms with Crippen molar-refractivity contribution in [2.45, 2.75) is 0 Å². The molecule has 0 fully saturated rings. The third-order valence-electron chi connectivity index (χ3n) is 3.23. The first-order valence-electron chi connectivity index (χ1n) is 6.21. The molecule has 0 bridgehead atoms. The number of aromatic nitrogens is 1. The van der Waals surface area contributed by atoms with E-state index in [1.54, 1.807) is 18.2 Å². The molecule has 21 heavy (non-hydrogen) atoms. The molecule has 0 aliphatic heterocycles. The van der Waals surface area contributed by atoms with Crippen LogP contribution in [-0.2, 0) is 0 Å². The molecule has 0 spiro atoms. The predicted octanol–water partition coefficient (Wildman–Crippen LogP) is 3.55. The zero-order chi connectivity index (χ0) is 15.0. The first-order valence-corrected chi connectivity index (χ1v) is 6.59. The van der Waals surface area contributed by atoms with Crippen molar-refractivity contribution in [2.24, 2.45) is 0 Å². The molecule has 2 aromatic carbocycles. The van der Waals surface area contributed by atoms with Crippen molar-refractivity contribution < 1.29 is 9.90 Å². The Hall–Kier alpha value is -2.59. The smallest absolute Gasteiger partial charge is 0.335 e. The van der Waals surface area contributed by atoms with Gasteiger partial charge in [0, 0.05) is 27.7 Å².